The van der Waals surface area contributed by atoms with Crippen molar-refractivity contribution in [1.82, 2.24) is 25.5 Å². The van der Waals surface area contributed by atoms with E-state index in [1.54, 1.807) is 29.0 Å². The summed E-state index contributed by atoms with van der Waals surface area (Å²) in [5, 5.41) is 26.8. The normalized spacial score (nSPS) is 15.7. The van der Waals surface area contributed by atoms with Crippen LogP contribution in [0.3, 0.4) is 0 Å². The number of hydrogen-bond donors (Lipinski definition) is 1. The Morgan fingerprint density at radius 1 is 1.15 bits per heavy atom. The number of nitrogens with one attached hydrogen (secondary N) is 1. The second-order valence-corrected chi connectivity index (χ2v) is 8.73. The maximum Gasteiger partial charge on any atom is 0.271 e. The molecule has 34 heavy (non-hydrogen) atoms. The van der Waals surface area contributed by atoms with Crippen molar-refractivity contribution in [1.29, 1.82) is 0 Å². The van der Waals surface area contributed by atoms with Crippen LogP contribution in [0.2, 0.25) is 0 Å². The Hall–Kier alpha value is -4.23. The Morgan fingerprint density at radius 2 is 2.00 bits per heavy atom. The lowest BCUT2D eigenvalue weighted by Gasteiger charge is -2.01. The van der Waals surface area contributed by atoms with Gasteiger partial charge in [0.25, 0.3) is 11.6 Å². The van der Waals surface area contributed by atoms with E-state index < -0.39 is 4.92 Å². The van der Waals surface area contributed by atoms with Crippen LogP contribution in [-0.4, -0.2) is 36.2 Å². The summed E-state index contributed by atoms with van der Waals surface area (Å²) in [6, 6.07) is 18.8. The quantitative estimate of drug-likeness (QED) is 0.238. The Morgan fingerprint density at radius 3 is 2.82 bits per heavy atom. The van der Waals surface area contributed by atoms with E-state index in [0.717, 1.165) is 17.4 Å². The van der Waals surface area contributed by atoms with E-state index in [-0.39, 0.29) is 11.6 Å². The lowest BCUT2D eigenvalue weighted by atomic mass is 10.3. The first-order valence-corrected chi connectivity index (χ1v) is 11.3. The van der Waals surface area contributed by atoms with Gasteiger partial charge in [-0.15, -0.1) is 5.10 Å². The molecule has 1 saturated heterocycles. The number of para-hydroxylation sites is 1. The number of amides is 1. The summed E-state index contributed by atoms with van der Waals surface area (Å²) in [6.07, 6.45) is 1.60. The molecule has 4 aromatic rings. The number of nitro benzene ring substituents is 1. The molecule has 1 N–H and O–H groups in total. The fourth-order valence-corrected chi connectivity index (χ4v) is 4.52. The molecule has 1 fully saturated rings. The molecule has 0 saturated carbocycles. The highest BCUT2D eigenvalue weighted by Gasteiger charge is 2.24. The molecule has 3 heterocycles. The van der Waals surface area contributed by atoms with Crippen molar-refractivity contribution in [3.05, 3.63) is 87.5 Å². The number of aromatic nitrogens is 4. The molecule has 1 aliphatic rings. The lowest BCUT2D eigenvalue weighted by molar-refractivity contribution is -0.384. The molecular formula is C21H13N7O4S2. The fourth-order valence-electron chi connectivity index (χ4n) is 2.93. The minimum absolute atomic E-state index is 0.0779. The van der Waals surface area contributed by atoms with Gasteiger partial charge >= 0.3 is 0 Å². The topological polar surface area (TPSA) is 141 Å². The van der Waals surface area contributed by atoms with Crippen LogP contribution in [0.4, 0.5) is 11.4 Å². The van der Waals surface area contributed by atoms with E-state index in [1.165, 1.54) is 30.0 Å². The molecule has 1 amide bonds. The highest BCUT2D eigenvalue weighted by atomic mass is 32.2. The Bertz CT molecular complexity index is 1450. The van der Waals surface area contributed by atoms with Gasteiger partial charge in [-0.3, -0.25) is 14.9 Å². The van der Waals surface area contributed by atoms with Gasteiger partial charge in [0.05, 0.1) is 21.2 Å². The summed E-state index contributed by atoms with van der Waals surface area (Å²) in [4.78, 5) is 27.5. The van der Waals surface area contributed by atoms with Gasteiger partial charge in [0.15, 0.2) is 10.3 Å². The summed E-state index contributed by atoms with van der Waals surface area (Å²) in [5.41, 5.74) is 1.11. The number of amidine groups is 1. The first-order chi connectivity index (χ1) is 16.5. The van der Waals surface area contributed by atoms with E-state index >= 15 is 0 Å². The molecule has 0 atom stereocenters. The highest BCUT2D eigenvalue weighted by molar-refractivity contribution is 8.18. The van der Waals surface area contributed by atoms with Gasteiger partial charge in [0, 0.05) is 18.2 Å². The van der Waals surface area contributed by atoms with Crippen molar-refractivity contribution < 1.29 is 14.1 Å². The maximum absolute atomic E-state index is 12.4. The summed E-state index contributed by atoms with van der Waals surface area (Å²) in [6.45, 7) is 0. The van der Waals surface area contributed by atoms with Crippen molar-refractivity contribution in [3.63, 3.8) is 0 Å². The van der Waals surface area contributed by atoms with Crippen LogP contribution in [0, 0.1) is 10.1 Å². The van der Waals surface area contributed by atoms with Crippen LogP contribution in [0.5, 0.6) is 0 Å². The number of rotatable bonds is 6. The van der Waals surface area contributed by atoms with Crippen LogP contribution in [0.25, 0.3) is 11.8 Å². The van der Waals surface area contributed by atoms with E-state index in [4.69, 9.17) is 4.42 Å². The molecule has 5 rings (SSSR count). The predicted molar refractivity (Wildman–Crippen MR) is 126 cm³/mol. The average Bonchev–Trinajstić information content (AvgIpc) is 3.56. The summed E-state index contributed by atoms with van der Waals surface area (Å²) >= 11 is 2.36. The number of nitro groups is 1. The first kappa shape index (κ1) is 21.6. The van der Waals surface area contributed by atoms with Crippen molar-refractivity contribution in [2.45, 2.75) is 10.2 Å². The minimum Gasteiger partial charge on any atom is -0.450 e. The predicted octanol–water partition coefficient (Wildman–Crippen LogP) is 4.21. The Labute approximate surface area is 200 Å². The molecule has 0 bridgehead atoms. The molecule has 2 aromatic carbocycles. The van der Waals surface area contributed by atoms with Gasteiger partial charge < -0.3 is 9.73 Å². The Kier molecular flexibility index (Phi) is 5.93. The van der Waals surface area contributed by atoms with Crippen molar-refractivity contribution in [3.8, 4) is 5.69 Å². The number of non-ortho nitro benzene ring substituents is 1. The molecule has 168 valence electrons. The zero-order chi connectivity index (χ0) is 23.5. The van der Waals surface area contributed by atoms with Crippen molar-refractivity contribution >= 4 is 52.0 Å². The fraction of sp³-hybridized carbons (Fsp3) is 0. The minimum atomic E-state index is -0.500. The third-order valence-corrected chi connectivity index (χ3v) is 6.20. The highest BCUT2D eigenvalue weighted by Crippen LogP contribution is 2.32. The first-order valence-electron chi connectivity index (χ1n) is 9.71. The summed E-state index contributed by atoms with van der Waals surface area (Å²) in [7, 11) is 0. The molecule has 1 aliphatic heterocycles. The molecule has 13 heteroatoms. The number of furan rings is 1. The van der Waals surface area contributed by atoms with Crippen LogP contribution >= 0.6 is 23.5 Å². The number of carbonyl (C=O) groups is 1. The largest absolute Gasteiger partial charge is 0.450 e. The standard InChI is InChI=1S/C21H13N7O4S2/c29-19-17(33-20(23-19)22-13-5-4-8-15(11-13)28(30)31)12-16-9-10-18(32-16)34-21-24-25-26-27(21)14-6-2-1-3-7-14/h1-12H,(H,22,23,29)/b17-12-. The number of nitrogens with zero attached hydrogens (tertiary/aromatic N) is 6. The van der Waals surface area contributed by atoms with E-state index in [2.05, 4.69) is 25.8 Å². The number of carbonyl (C=O) groups excluding carboxylic acids is 1. The zero-order valence-electron chi connectivity index (χ0n) is 17.1. The van der Waals surface area contributed by atoms with Gasteiger partial charge in [-0.2, -0.15) is 4.68 Å². The van der Waals surface area contributed by atoms with Crippen LogP contribution in [0.1, 0.15) is 5.76 Å². The second-order valence-electron chi connectivity index (χ2n) is 6.73. The number of hydrogen-bond acceptors (Lipinski definition) is 10. The number of thioether (sulfide) groups is 1. The van der Waals surface area contributed by atoms with Crippen molar-refractivity contribution in [2.75, 3.05) is 0 Å². The Balaban J connectivity index is 1.31. The molecule has 2 aromatic heterocycles. The smallest absolute Gasteiger partial charge is 0.271 e. The molecule has 11 nitrogen and oxygen atoms in total. The number of benzene rings is 2. The van der Waals surface area contributed by atoms with Gasteiger partial charge in [-0.1, -0.05) is 24.3 Å². The van der Waals surface area contributed by atoms with Gasteiger partial charge in [0.1, 0.15) is 5.76 Å². The summed E-state index contributed by atoms with van der Waals surface area (Å²) < 4.78 is 7.42. The van der Waals surface area contributed by atoms with E-state index in [9.17, 15) is 14.9 Å². The van der Waals surface area contributed by atoms with Crippen LogP contribution in [-0.2, 0) is 4.79 Å². The van der Waals surface area contributed by atoms with E-state index in [1.807, 2.05) is 30.3 Å². The third kappa shape index (κ3) is 4.74. The zero-order valence-corrected chi connectivity index (χ0v) is 18.7. The SMILES string of the molecule is O=C1NC(=Nc2cccc([N+](=O)[O-])c2)S/C1=C\c1ccc(Sc2nnnn2-c2ccccc2)o1. The van der Waals surface area contributed by atoms with Gasteiger partial charge in [0.2, 0.25) is 5.16 Å². The molecule has 0 aliphatic carbocycles. The average molecular weight is 492 g/mol. The summed E-state index contributed by atoms with van der Waals surface area (Å²) in [5.74, 6) is 0.128. The molecule has 0 unspecified atom stereocenters. The molecular weight excluding hydrogens is 478 g/mol. The molecule has 0 spiro atoms. The maximum atomic E-state index is 12.4. The third-order valence-electron chi connectivity index (χ3n) is 4.43. The monoisotopic (exact) mass is 491 g/mol. The van der Waals surface area contributed by atoms with Crippen LogP contribution < -0.4 is 5.32 Å². The van der Waals surface area contributed by atoms with Crippen LogP contribution in [0.15, 0.2) is 91.3 Å². The molecule has 0 radical (unpaired) electrons. The van der Waals surface area contributed by atoms with Crippen molar-refractivity contribution in [2.24, 2.45) is 4.99 Å². The lowest BCUT2D eigenvalue weighted by Crippen LogP contribution is -2.19. The van der Waals surface area contributed by atoms with Gasteiger partial charge in [-0.05, 0) is 64.3 Å². The number of aliphatic imine (C=N–C) groups is 1. The second kappa shape index (κ2) is 9.33. The van der Waals surface area contributed by atoms with Gasteiger partial charge in [-0.25, -0.2) is 4.99 Å². The van der Waals surface area contributed by atoms with E-state index in [0.29, 0.717) is 31.8 Å². The number of tetrazole rings is 1.